The number of fused-ring (bicyclic) bond motifs is 4. The highest BCUT2D eigenvalue weighted by molar-refractivity contribution is 6.29. The van der Waals surface area contributed by atoms with Crippen molar-refractivity contribution in [3.8, 4) is 5.75 Å². The molecule has 5 rings (SSSR count). The highest BCUT2D eigenvalue weighted by Gasteiger charge is 2.46. The van der Waals surface area contributed by atoms with Crippen molar-refractivity contribution < 1.29 is 14.6 Å². The number of aromatic nitrogens is 2. The lowest BCUT2D eigenvalue weighted by atomic mass is 9.99. The smallest absolute Gasteiger partial charge is 0.251 e. The van der Waals surface area contributed by atoms with Crippen LogP contribution in [0, 0.1) is 0 Å². The Labute approximate surface area is 240 Å². The lowest BCUT2D eigenvalue weighted by Gasteiger charge is -2.27. The molecule has 40 heavy (non-hydrogen) atoms. The monoisotopic (exact) mass is 563 g/mol. The minimum Gasteiger partial charge on any atom is -0.494 e. The molecule has 1 aromatic carbocycles. The van der Waals surface area contributed by atoms with Gasteiger partial charge in [0.05, 0.1) is 30.0 Å². The van der Waals surface area contributed by atoms with Gasteiger partial charge in [0, 0.05) is 24.8 Å². The summed E-state index contributed by atoms with van der Waals surface area (Å²) in [4.78, 5) is 22.4. The Morgan fingerprint density at radius 1 is 1.18 bits per heavy atom. The fourth-order valence-electron chi connectivity index (χ4n) is 5.06. The summed E-state index contributed by atoms with van der Waals surface area (Å²) in [5, 5.41) is 21.6. The van der Waals surface area contributed by atoms with Crippen molar-refractivity contribution in [1.82, 2.24) is 20.6 Å². The van der Waals surface area contributed by atoms with Gasteiger partial charge < -0.3 is 25.8 Å². The first kappa shape index (κ1) is 28.3. The molecule has 0 unspecified atom stereocenters. The van der Waals surface area contributed by atoms with E-state index < -0.39 is 12.1 Å². The number of halogens is 1. The Kier molecular flexibility index (Phi) is 8.88. The molecule has 1 fully saturated rings. The van der Waals surface area contributed by atoms with E-state index in [2.05, 4.69) is 51.9 Å². The molecule has 4 N–H and O–H groups in total. The van der Waals surface area contributed by atoms with Crippen LogP contribution in [0.4, 0.5) is 5.82 Å². The molecule has 2 aromatic heterocycles. The van der Waals surface area contributed by atoms with Gasteiger partial charge in [-0.2, -0.15) is 0 Å². The molecule has 1 saturated carbocycles. The molecule has 0 spiro atoms. The third-order valence-corrected chi connectivity index (χ3v) is 7.87. The van der Waals surface area contributed by atoms with E-state index in [1.807, 2.05) is 30.5 Å². The summed E-state index contributed by atoms with van der Waals surface area (Å²) < 4.78 is 5.97. The fourth-order valence-corrected chi connectivity index (χ4v) is 5.27. The zero-order valence-corrected chi connectivity index (χ0v) is 23.9. The minimum atomic E-state index is -0.854. The van der Waals surface area contributed by atoms with Gasteiger partial charge in [0.1, 0.15) is 16.7 Å². The number of benzene rings is 1. The topological polar surface area (TPSA) is 108 Å². The maximum atomic E-state index is 13.4. The van der Waals surface area contributed by atoms with Gasteiger partial charge >= 0.3 is 0 Å². The van der Waals surface area contributed by atoms with Crippen LogP contribution in [-0.2, 0) is 12.0 Å². The molecule has 3 heterocycles. The largest absolute Gasteiger partial charge is 0.494 e. The van der Waals surface area contributed by atoms with Crippen LogP contribution >= 0.6 is 11.6 Å². The molecule has 2 aliphatic rings. The second-order valence-corrected chi connectivity index (χ2v) is 11.5. The lowest BCUT2D eigenvalue weighted by molar-refractivity contribution is 0.0821. The summed E-state index contributed by atoms with van der Waals surface area (Å²) in [6, 6.07) is 14.7. The quantitative estimate of drug-likeness (QED) is 0.318. The number of ether oxygens (including phenoxy) is 1. The van der Waals surface area contributed by atoms with Crippen molar-refractivity contribution in [2.45, 2.75) is 69.6 Å². The summed E-state index contributed by atoms with van der Waals surface area (Å²) in [7, 11) is 0. The zero-order chi connectivity index (χ0) is 28.1. The molecule has 1 aliphatic heterocycles. The molecular weight excluding hydrogens is 526 g/mol. The molecule has 9 heteroatoms. The summed E-state index contributed by atoms with van der Waals surface area (Å²) in [6.07, 6.45) is 5.11. The van der Waals surface area contributed by atoms with Crippen molar-refractivity contribution in [2.24, 2.45) is 0 Å². The van der Waals surface area contributed by atoms with Crippen LogP contribution in [0.25, 0.3) is 0 Å². The number of aliphatic hydroxyl groups is 1. The number of aliphatic hydroxyl groups excluding tert-OH is 1. The van der Waals surface area contributed by atoms with E-state index in [0.717, 1.165) is 42.7 Å². The maximum Gasteiger partial charge on any atom is 0.251 e. The standard InChI is InChI=1S/C31H38ClN5O3/c1-20(2)22-8-12-33-27(16-22)31(9-10-31)35-19-26(38)25-15-21-6-5-7-24(14-21)40-13-4-3-11-34-29-18-23(30(39)36-25)17-28(32)37-29/h5-8,12,14,16-18,20,25-26,35,38H,3-4,9-11,13,15,19H2,1-2H3,(H,34,37)(H,36,39)/t25-,26+/m0/s1. The van der Waals surface area contributed by atoms with E-state index in [4.69, 9.17) is 16.3 Å². The van der Waals surface area contributed by atoms with Crippen molar-refractivity contribution in [3.63, 3.8) is 0 Å². The molecule has 1 amide bonds. The Balaban J connectivity index is 1.36. The number of hydrogen-bond donors (Lipinski definition) is 4. The van der Waals surface area contributed by atoms with Crippen LogP contribution in [0.2, 0.25) is 5.15 Å². The number of nitrogens with one attached hydrogen (secondary N) is 3. The van der Waals surface area contributed by atoms with Gasteiger partial charge in [-0.1, -0.05) is 37.6 Å². The van der Waals surface area contributed by atoms with Crippen LogP contribution in [-0.4, -0.2) is 52.8 Å². The average molecular weight is 564 g/mol. The molecule has 8 nitrogen and oxygen atoms in total. The maximum absolute atomic E-state index is 13.4. The second-order valence-electron chi connectivity index (χ2n) is 11.1. The van der Waals surface area contributed by atoms with Gasteiger partial charge in [-0.3, -0.25) is 9.78 Å². The van der Waals surface area contributed by atoms with Crippen molar-refractivity contribution in [3.05, 3.63) is 82.3 Å². The van der Waals surface area contributed by atoms with Gasteiger partial charge in [0.2, 0.25) is 0 Å². The third-order valence-electron chi connectivity index (χ3n) is 7.68. The van der Waals surface area contributed by atoms with Crippen LogP contribution in [0.1, 0.15) is 72.6 Å². The van der Waals surface area contributed by atoms with Gasteiger partial charge in [0.15, 0.2) is 0 Å². The summed E-state index contributed by atoms with van der Waals surface area (Å²) in [6.45, 7) is 5.93. The molecule has 1 aliphatic carbocycles. The number of carbonyl (C=O) groups is 1. The zero-order valence-electron chi connectivity index (χ0n) is 23.1. The van der Waals surface area contributed by atoms with Gasteiger partial charge in [-0.05, 0) is 85.5 Å². The van der Waals surface area contributed by atoms with Crippen LogP contribution in [0.15, 0.2) is 54.7 Å². The van der Waals surface area contributed by atoms with E-state index in [1.54, 1.807) is 12.1 Å². The first-order chi connectivity index (χ1) is 19.3. The minimum absolute atomic E-state index is 0.234. The fraction of sp³-hybridized carbons (Fsp3) is 0.452. The predicted octanol–water partition coefficient (Wildman–Crippen LogP) is 4.82. The first-order valence-electron chi connectivity index (χ1n) is 14.1. The number of anilines is 1. The van der Waals surface area contributed by atoms with E-state index >= 15 is 0 Å². The van der Waals surface area contributed by atoms with Gasteiger partial charge in [-0.15, -0.1) is 0 Å². The number of hydrogen-bond acceptors (Lipinski definition) is 7. The molecule has 2 atom stereocenters. The Bertz CT molecular complexity index is 1330. The summed E-state index contributed by atoms with van der Waals surface area (Å²) >= 11 is 6.25. The normalized spacial score (nSPS) is 19.7. The lowest BCUT2D eigenvalue weighted by Crippen LogP contribution is -2.50. The highest BCUT2D eigenvalue weighted by atomic mass is 35.5. The van der Waals surface area contributed by atoms with Crippen LogP contribution < -0.4 is 20.7 Å². The van der Waals surface area contributed by atoms with Crippen molar-refractivity contribution >= 4 is 23.3 Å². The molecule has 212 valence electrons. The predicted molar refractivity (Wildman–Crippen MR) is 157 cm³/mol. The molecule has 0 saturated heterocycles. The van der Waals surface area contributed by atoms with E-state index in [0.29, 0.717) is 43.4 Å². The van der Waals surface area contributed by atoms with Crippen LogP contribution in [0.3, 0.4) is 0 Å². The Hall–Kier alpha value is -3.20. The van der Waals surface area contributed by atoms with Crippen molar-refractivity contribution in [2.75, 3.05) is 25.0 Å². The first-order valence-corrected chi connectivity index (χ1v) is 14.5. The summed E-state index contributed by atoms with van der Waals surface area (Å²) in [5.74, 6) is 1.42. The number of pyridine rings is 2. The SMILES string of the molecule is CC(C)c1ccnc(C2(NC[C@@H](O)[C@@H]3Cc4cccc(c4)OCCCCNc4cc(cc(Cl)n4)C(=O)N3)CC2)c1. The molecule has 3 aromatic rings. The molecule has 0 radical (unpaired) electrons. The number of rotatable bonds is 6. The number of amides is 1. The Morgan fingerprint density at radius 2 is 2.02 bits per heavy atom. The van der Waals surface area contributed by atoms with Crippen molar-refractivity contribution in [1.29, 1.82) is 0 Å². The van der Waals surface area contributed by atoms with Crippen LogP contribution in [0.5, 0.6) is 5.75 Å². The van der Waals surface area contributed by atoms with E-state index in [9.17, 15) is 9.90 Å². The van der Waals surface area contributed by atoms with E-state index in [1.165, 1.54) is 5.56 Å². The summed E-state index contributed by atoms with van der Waals surface area (Å²) in [5.41, 5.74) is 3.36. The van der Waals surface area contributed by atoms with Gasteiger partial charge in [-0.25, -0.2) is 4.98 Å². The number of nitrogens with zero attached hydrogens (tertiary/aromatic N) is 2. The highest BCUT2D eigenvalue weighted by Crippen LogP contribution is 2.45. The van der Waals surface area contributed by atoms with Gasteiger partial charge in [0.25, 0.3) is 5.91 Å². The number of carbonyl (C=O) groups excluding carboxylic acids is 1. The second kappa shape index (κ2) is 12.5. The van der Waals surface area contributed by atoms with E-state index in [-0.39, 0.29) is 16.6 Å². The molecular formula is C31H38ClN5O3. The average Bonchev–Trinajstić information content (AvgIpc) is 3.74. The Morgan fingerprint density at radius 3 is 2.83 bits per heavy atom. The third kappa shape index (κ3) is 7.11. The molecule has 4 bridgehead atoms.